The number of hydrogen-bond donors (Lipinski definition) is 1. The van der Waals surface area contributed by atoms with Crippen molar-refractivity contribution in [1.82, 2.24) is 15.5 Å². The first-order chi connectivity index (χ1) is 11.6. The quantitative estimate of drug-likeness (QED) is 0.898. The van der Waals surface area contributed by atoms with Crippen LogP contribution in [0.4, 0.5) is 0 Å². The van der Waals surface area contributed by atoms with E-state index in [2.05, 4.69) is 55.3 Å². The maximum absolute atomic E-state index is 6.04. The van der Waals surface area contributed by atoms with E-state index in [1.807, 2.05) is 0 Å². The molecule has 1 N–H and O–H groups in total. The summed E-state index contributed by atoms with van der Waals surface area (Å²) >= 11 is 0. The van der Waals surface area contributed by atoms with E-state index >= 15 is 0 Å². The third kappa shape index (κ3) is 3.61. The molecule has 3 rings (SSSR count). The van der Waals surface area contributed by atoms with Crippen molar-refractivity contribution in [3.8, 4) is 17.1 Å². The Balaban J connectivity index is 1.83. The van der Waals surface area contributed by atoms with Crippen LogP contribution in [0.2, 0.25) is 0 Å². The van der Waals surface area contributed by atoms with E-state index < -0.39 is 0 Å². The van der Waals surface area contributed by atoms with Crippen LogP contribution in [0.3, 0.4) is 0 Å². The van der Waals surface area contributed by atoms with E-state index in [1.54, 1.807) is 0 Å². The fraction of sp³-hybridized carbons (Fsp3) is 0.579. The molecule has 0 spiro atoms. The van der Waals surface area contributed by atoms with Crippen molar-refractivity contribution in [2.45, 2.75) is 59.0 Å². The third-order valence-corrected chi connectivity index (χ3v) is 4.70. The van der Waals surface area contributed by atoms with Gasteiger partial charge in [0.15, 0.2) is 0 Å². The van der Waals surface area contributed by atoms with Crippen molar-refractivity contribution in [3.05, 3.63) is 29.2 Å². The van der Waals surface area contributed by atoms with Crippen molar-refractivity contribution >= 4 is 0 Å². The molecule has 0 radical (unpaired) electrons. The molecule has 2 atom stereocenters. The van der Waals surface area contributed by atoms with Gasteiger partial charge in [0.05, 0.1) is 12.0 Å². The molecule has 0 aliphatic carbocycles. The van der Waals surface area contributed by atoms with Crippen LogP contribution in [0.15, 0.2) is 16.7 Å². The summed E-state index contributed by atoms with van der Waals surface area (Å²) < 4.78 is 11.6. The monoisotopic (exact) mass is 329 g/mol. The highest BCUT2D eigenvalue weighted by atomic mass is 16.5. The van der Waals surface area contributed by atoms with Crippen molar-refractivity contribution in [3.63, 3.8) is 0 Å². The van der Waals surface area contributed by atoms with Crippen LogP contribution >= 0.6 is 0 Å². The zero-order valence-electron chi connectivity index (χ0n) is 15.1. The number of aromatic nitrogens is 2. The van der Waals surface area contributed by atoms with Gasteiger partial charge in [-0.1, -0.05) is 12.1 Å². The van der Waals surface area contributed by atoms with Gasteiger partial charge in [-0.25, -0.2) is 0 Å². The molecule has 1 aromatic heterocycles. The second kappa shape index (κ2) is 7.34. The first kappa shape index (κ1) is 17.0. The number of nitrogens with one attached hydrogen (secondary N) is 1. The minimum atomic E-state index is 0.212. The normalized spacial score (nSPS) is 19.2. The van der Waals surface area contributed by atoms with Crippen LogP contribution < -0.4 is 10.1 Å². The van der Waals surface area contributed by atoms with E-state index in [4.69, 9.17) is 9.26 Å². The van der Waals surface area contributed by atoms with Crippen LogP contribution in [-0.2, 0) is 0 Å². The number of nitrogens with zero attached hydrogens (tertiary/aromatic N) is 2. The first-order valence-electron chi connectivity index (χ1n) is 8.91. The summed E-state index contributed by atoms with van der Waals surface area (Å²) in [4.78, 5) is 4.63. The van der Waals surface area contributed by atoms with Crippen molar-refractivity contribution in [1.29, 1.82) is 0 Å². The average molecular weight is 329 g/mol. The molecule has 1 aliphatic rings. The highest BCUT2D eigenvalue weighted by molar-refractivity contribution is 5.61. The van der Waals surface area contributed by atoms with Gasteiger partial charge in [-0.15, -0.1) is 0 Å². The summed E-state index contributed by atoms with van der Waals surface area (Å²) in [7, 11) is 0. The summed E-state index contributed by atoms with van der Waals surface area (Å²) in [5.74, 6) is 2.70. The Labute approximate surface area is 143 Å². The fourth-order valence-electron chi connectivity index (χ4n) is 3.13. The number of rotatable bonds is 5. The molecule has 130 valence electrons. The first-order valence-corrected chi connectivity index (χ1v) is 8.91. The summed E-state index contributed by atoms with van der Waals surface area (Å²) in [6, 6.07) is 4.16. The van der Waals surface area contributed by atoms with Crippen molar-refractivity contribution < 1.29 is 9.26 Å². The Kier molecular flexibility index (Phi) is 5.19. The highest BCUT2D eigenvalue weighted by Gasteiger charge is 2.22. The van der Waals surface area contributed by atoms with Gasteiger partial charge in [-0.3, -0.25) is 0 Å². The number of piperidine rings is 1. The molecule has 0 amide bonds. The van der Waals surface area contributed by atoms with Crippen LogP contribution in [0, 0.1) is 13.8 Å². The maximum atomic E-state index is 6.04. The summed E-state index contributed by atoms with van der Waals surface area (Å²) in [5, 5.41) is 7.58. The molecule has 5 nitrogen and oxygen atoms in total. The van der Waals surface area contributed by atoms with Crippen molar-refractivity contribution in [2.24, 2.45) is 0 Å². The van der Waals surface area contributed by atoms with Gasteiger partial charge in [-0.05, 0) is 69.8 Å². The SMILES string of the molecule is CC[C@@H](C)Oc1c(C)cc(-c2noc([C@H]3CCCNC3)n2)cc1C. The molecule has 0 bridgehead atoms. The Hall–Kier alpha value is -1.88. The number of benzene rings is 1. The van der Waals surface area contributed by atoms with Gasteiger partial charge in [0.2, 0.25) is 11.7 Å². The second-order valence-electron chi connectivity index (χ2n) is 6.78. The van der Waals surface area contributed by atoms with Gasteiger partial charge < -0.3 is 14.6 Å². The molecule has 1 fully saturated rings. The molecule has 1 saturated heterocycles. The van der Waals surface area contributed by atoms with Gasteiger partial charge in [0.25, 0.3) is 0 Å². The predicted molar refractivity (Wildman–Crippen MR) is 94.4 cm³/mol. The standard InChI is InChI=1S/C19H27N3O2/c1-5-14(4)23-17-12(2)9-16(10-13(17)3)18-21-19(24-22-18)15-7-6-8-20-11-15/h9-10,14-15,20H,5-8,11H2,1-4H3/t14-,15+/m1/s1. The lowest BCUT2D eigenvalue weighted by atomic mass is 10.00. The lowest BCUT2D eigenvalue weighted by Gasteiger charge is -2.18. The number of ether oxygens (including phenoxy) is 1. The number of aryl methyl sites for hydroxylation is 2. The largest absolute Gasteiger partial charge is 0.490 e. The summed E-state index contributed by atoms with van der Waals surface area (Å²) in [6.07, 6.45) is 3.46. The molecule has 2 aromatic rings. The lowest BCUT2D eigenvalue weighted by molar-refractivity contribution is 0.214. The topological polar surface area (TPSA) is 60.2 Å². The lowest BCUT2D eigenvalue weighted by Crippen LogP contribution is -2.28. The molecule has 0 saturated carbocycles. The summed E-state index contributed by atoms with van der Waals surface area (Å²) in [5.41, 5.74) is 3.20. The second-order valence-corrected chi connectivity index (χ2v) is 6.78. The maximum Gasteiger partial charge on any atom is 0.231 e. The highest BCUT2D eigenvalue weighted by Crippen LogP contribution is 2.31. The van der Waals surface area contributed by atoms with Crippen LogP contribution in [0.25, 0.3) is 11.4 Å². The van der Waals surface area contributed by atoms with E-state index in [9.17, 15) is 0 Å². The minimum Gasteiger partial charge on any atom is -0.490 e. The van der Waals surface area contributed by atoms with Gasteiger partial charge in [-0.2, -0.15) is 4.98 Å². The van der Waals surface area contributed by atoms with Crippen molar-refractivity contribution in [2.75, 3.05) is 13.1 Å². The van der Waals surface area contributed by atoms with E-state index in [0.29, 0.717) is 11.7 Å². The van der Waals surface area contributed by atoms with Gasteiger partial charge in [0, 0.05) is 12.1 Å². The Morgan fingerprint density at radius 3 is 2.71 bits per heavy atom. The molecule has 2 heterocycles. The van der Waals surface area contributed by atoms with Crippen LogP contribution in [-0.4, -0.2) is 29.3 Å². The Morgan fingerprint density at radius 1 is 1.33 bits per heavy atom. The third-order valence-electron chi connectivity index (χ3n) is 4.70. The Morgan fingerprint density at radius 2 is 2.08 bits per heavy atom. The molecule has 5 heteroatoms. The van der Waals surface area contributed by atoms with E-state index in [-0.39, 0.29) is 6.10 Å². The van der Waals surface area contributed by atoms with Gasteiger partial charge >= 0.3 is 0 Å². The Bertz CT molecular complexity index is 667. The zero-order chi connectivity index (χ0) is 17.1. The fourth-order valence-corrected chi connectivity index (χ4v) is 3.13. The van der Waals surface area contributed by atoms with E-state index in [0.717, 1.165) is 60.7 Å². The zero-order valence-corrected chi connectivity index (χ0v) is 15.1. The predicted octanol–water partition coefficient (Wildman–Crippen LogP) is 4.00. The van der Waals surface area contributed by atoms with Gasteiger partial charge in [0.1, 0.15) is 5.75 Å². The molecular weight excluding hydrogens is 302 g/mol. The molecule has 1 aliphatic heterocycles. The smallest absolute Gasteiger partial charge is 0.231 e. The summed E-state index contributed by atoms with van der Waals surface area (Å²) in [6.45, 7) is 10.4. The van der Waals surface area contributed by atoms with E-state index in [1.165, 1.54) is 0 Å². The number of hydrogen-bond acceptors (Lipinski definition) is 5. The molecule has 24 heavy (non-hydrogen) atoms. The molecule has 0 unspecified atom stereocenters. The molecular formula is C19H27N3O2. The van der Waals surface area contributed by atoms with Crippen LogP contribution in [0.1, 0.15) is 56.0 Å². The van der Waals surface area contributed by atoms with Crippen LogP contribution in [0.5, 0.6) is 5.75 Å². The average Bonchev–Trinajstić information content (AvgIpc) is 3.08. The molecule has 1 aromatic carbocycles. The minimum absolute atomic E-state index is 0.212.